The summed E-state index contributed by atoms with van der Waals surface area (Å²) in [4.78, 5) is 2.77. The SMILES string of the molecule is CC(C)(C)C1CCC12CCN(C1CC1)CC2. The Labute approximate surface area is 101 Å². The monoisotopic (exact) mass is 221 g/mol. The molecule has 1 spiro atoms. The van der Waals surface area contributed by atoms with Crippen LogP contribution in [-0.2, 0) is 0 Å². The fraction of sp³-hybridized carbons (Fsp3) is 1.00. The maximum atomic E-state index is 2.77. The third kappa shape index (κ3) is 1.72. The first-order valence-electron chi connectivity index (χ1n) is 7.25. The van der Waals surface area contributed by atoms with Crippen LogP contribution in [-0.4, -0.2) is 24.0 Å². The molecular formula is C15H27N. The zero-order chi connectivity index (χ0) is 11.4. The smallest absolute Gasteiger partial charge is 0.00964 e. The Hall–Kier alpha value is -0.0400. The maximum Gasteiger partial charge on any atom is 0.00964 e. The minimum atomic E-state index is 0.542. The molecule has 0 radical (unpaired) electrons. The number of piperidine rings is 1. The molecule has 0 N–H and O–H groups in total. The van der Waals surface area contributed by atoms with Gasteiger partial charge >= 0.3 is 0 Å². The van der Waals surface area contributed by atoms with Gasteiger partial charge in [0.25, 0.3) is 0 Å². The standard InChI is InChI=1S/C15H27N/c1-14(2,3)13-6-7-15(13)8-10-16(11-9-15)12-4-5-12/h12-13H,4-11H2,1-3H3. The largest absolute Gasteiger partial charge is 0.300 e. The molecular weight excluding hydrogens is 194 g/mol. The summed E-state index contributed by atoms with van der Waals surface area (Å²) >= 11 is 0. The van der Waals surface area contributed by atoms with E-state index in [-0.39, 0.29) is 0 Å². The van der Waals surface area contributed by atoms with Crippen molar-refractivity contribution >= 4 is 0 Å². The van der Waals surface area contributed by atoms with Crippen molar-refractivity contribution in [2.24, 2.45) is 16.7 Å². The van der Waals surface area contributed by atoms with Crippen molar-refractivity contribution in [3.63, 3.8) is 0 Å². The van der Waals surface area contributed by atoms with Crippen LogP contribution in [0.1, 0.15) is 59.3 Å². The van der Waals surface area contributed by atoms with Gasteiger partial charge in [-0.05, 0) is 68.4 Å². The fourth-order valence-electron chi connectivity index (χ4n) is 4.42. The van der Waals surface area contributed by atoms with E-state index in [1.807, 2.05) is 0 Å². The summed E-state index contributed by atoms with van der Waals surface area (Å²) in [5, 5.41) is 0. The molecule has 1 heterocycles. The molecule has 92 valence electrons. The molecule has 0 aromatic heterocycles. The molecule has 1 saturated heterocycles. The fourth-order valence-corrected chi connectivity index (χ4v) is 4.42. The van der Waals surface area contributed by atoms with E-state index >= 15 is 0 Å². The van der Waals surface area contributed by atoms with Crippen molar-refractivity contribution in [1.29, 1.82) is 0 Å². The van der Waals surface area contributed by atoms with E-state index in [1.54, 1.807) is 0 Å². The average Bonchev–Trinajstić information content (AvgIpc) is 2.97. The normalized spacial score (nSPS) is 35.1. The Bertz CT molecular complexity index is 264. The second-order valence-electron chi connectivity index (χ2n) is 7.59. The molecule has 1 nitrogen and oxygen atoms in total. The minimum absolute atomic E-state index is 0.542. The summed E-state index contributed by atoms with van der Waals surface area (Å²) < 4.78 is 0. The molecule has 3 aliphatic rings. The number of likely N-dealkylation sites (tertiary alicyclic amines) is 1. The summed E-state index contributed by atoms with van der Waals surface area (Å²) in [6.45, 7) is 10.2. The van der Waals surface area contributed by atoms with E-state index in [0.717, 1.165) is 17.4 Å². The van der Waals surface area contributed by atoms with Gasteiger partial charge in [-0.25, -0.2) is 0 Å². The highest BCUT2D eigenvalue weighted by Gasteiger charge is 2.52. The van der Waals surface area contributed by atoms with Crippen molar-refractivity contribution in [1.82, 2.24) is 4.90 Å². The van der Waals surface area contributed by atoms with E-state index in [4.69, 9.17) is 0 Å². The number of nitrogens with zero attached hydrogens (tertiary/aromatic N) is 1. The quantitative estimate of drug-likeness (QED) is 0.653. The molecule has 0 aromatic carbocycles. The highest BCUT2D eigenvalue weighted by Crippen LogP contribution is 2.60. The van der Waals surface area contributed by atoms with Crippen molar-refractivity contribution in [3.8, 4) is 0 Å². The van der Waals surface area contributed by atoms with Gasteiger partial charge in [-0.1, -0.05) is 20.8 Å². The van der Waals surface area contributed by atoms with Crippen LogP contribution in [0.3, 0.4) is 0 Å². The highest BCUT2D eigenvalue weighted by molar-refractivity contribution is 5.04. The van der Waals surface area contributed by atoms with Crippen molar-refractivity contribution in [2.75, 3.05) is 13.1 Å². The average molecular weight is 221 g/mol. The summed E-state index contributed by atoms with van der Waals surface area (Å²) in [6.07, 6.45) is 8.96. The molecule has 3 fully saturated rings. The van der Waals surface area contributed by atoms with E-state index < -0.39 is 0 Å². The van der Waals surface area contributed by atoms with Gasteiger partial charge in [0.2, 0.25) is 0 Å². The molecule has 16 heavy (non-hydrogen) atoms. The lowest BCUT2D eigenvalue weighted by atomic mass is 9.49. The third-order valence-electron chi connectivity index (χ3n) is 5.57. The van der Waals surface area contributed by atoms with Crippen molar-refractivity contribution in [3.05, 3.63) is 0 Å². The zero-order valence-electron chi connectivity index (χ0n) is 11.3. The molecule has 0 bridgehead atoms. The van der Waals surface area contributed by atoms with Gasteiger partial charge in [0.15, 0.2) is 0 Å². The third-order valence-corrected chi connectivity index (χ3v) is 5.57. The zero-order valence-corrected chi connectivity index (χ0v) is 11.3. The molecule has 2 saturated carbocycles. The van der Waals surface area contributed by atoms with Gasteiger partial charge in [0, 0.05) is 6.04 Å². The second-order valence-corrected chi connectivity index (χ2v) is 7.59. The van der Waals surface area contributed by atoms with Crippen LogP contribution < -0.4 is 0 Å². The first-order chi connectivity index (χ1) is 7.51. The van der Waals surface area contributed by atoms with Gasteiger partial charge in [-0.2, -0.15) is 0 Å². The van der Waals surface area contributed by atoms with Crippen LogP contribution in [0.5, 0.6) is 0 Å². The molecule has 1 aliphatic heterocycles. The van der Waals surface area contributed by atoms with Crippen LogP contribution in [0.2, 0.25) is 0 Å². The predicted molar refractivity (Wildman–Crippen MR) is 68.4 cm³/mol. The van der Waals surface area contributed by atoms with Crippen molar-refractivity contribution in [2.45, 2.75) is 65.3 Å². The molecule has 0 amide bonds. The first-order valence-corrected chi connectivity index (χ1v) is 7.25. The van der Waals surface area contributed by atoms with Gasteiger partial charge in [0.1, 0.15) is 0 Å². The van der Waals surface area contributed by atoms with Crippen LogP contribution in [0.25, 0.3) is 0 Å². The van der Waals surface area contributed by atoms with Gasteiger partial charge in [0.05, 0.1) is 0 Å². The lowest BCUT2D eigenvalue weighted by Gasteiger charge is -2.59. The molecule has 1 atom stereocenters. The number of rotatable bonds is 1. The molecule has 1 heteroatoms. The lowest BCUT2D eigenvalue weighted by molar-refractivity contribution is -0.0884. The molecule has 0 aromatic rings. The van der Waals surface area contributed by atoms with Crippen LogP contribution >= 0.6 is 0 Å². The molecule has 2 aliphatic carbocycles. The Morgan fingerprint density at radius 2 is 1.56 bits per heavy atom. The van der Waals surface area contributed by atoms with Crippen molar-refractivity contribution < 1.29 is 0 Å². The number of hydrogen-bond donors (Lipinski definition) is 0. The molecule has 3 rings (SSSR count). The molecule has 1 unspecified atom stereocenters. The second kappa shape index (κ2) is 3.48. The van der Waals surface area contributed by atoms with E-state index in [1.165, 1.54) is 51.6 Å². The maximum absolute atomic E-state index is 2.77. The first kappa shape index (κ1) is 11.1. The van der Waals surface area contributed by atoms with E-state index in [2.05, 4.69) is 25.7 Å². The van der Waals surface area contributed by atoms with Gasteiger partial charge < -0.3 is 4.90 Å². The Morgan fingerprint density at radius 3 is 1.94 bits per heavy atom. The van der Waals surface area contributed by atoms with Crippen LogP contribution in [0.4, 0.5) is 0 Å². The lowest BCUT2D eigenvalue weighted by Crippen LogP contribution is -2.53. The summed E-state index contributed by atoms with van der Waals surface area (Å²) in [5.41, 5.74) is 1.30. The Morgan fingerprint density at radius 1 is 0.938 bits per heavy atom. The minimum Gasteiger partial charge on any atom is -0.300 e. The number of hydrogen-bond acceptors (Lipinski definition) is 1. The summed E-state index contributed by atoms with van der Waals surface area (Å²) in [5.74, 6) is 1.00. The Balaban J connectivity index is 1.63. The van der Waals surface area contributed by atoms with E-state index in [0.29, 0.717) is 5.41 Å². The van der Waals surface area contributed by atoms with Crippen LogP contribution in [0, 0.1) is 16.7 Å². The van der Waals surface area contributed by atoms with Crippen LogP contribution in [0.15, 0.2) is 0 Å². The summed E-state index contributed by atoms with van der Waals surface area (Å²) in [6, 6.07) is 0.991. The summed E-state index contributed by atoms with van der Waals surface area (Å²) in [7, 11) is 0. The Kier molecular flexibility index (Phi) is 2.41. The highest BCUT2D eigenvalue weighted by atomic mass is 15.2. The van der Waals surface area contributed by atoms with E-state index in [9.17, 15) is 0 Å². The van der Waals surface area contributed by atoms with Gasteiger partial charge in [-0.15, -0.1) is 0 Å². The topological polar surface area (TPSA) is 3.24 Å². The van der Waals surface area contributed by atoms with Gasteiger partial charge in [-0.3, -0.25) is 0 Å². The predicted octanol–water partition coefficient (Wildman–Crippen LogP) is 3.69.